The third-order valence-corrected chi connectivity index (χ3v) is 1.89. The van der Waals surface area contributed by atoms with Crippen molar-refractivity contribution in [2.24, 2.45) is 0 Å². The van der Waals surface area contributed by atoms with Crippen LogP contribution in [0.25, 0.3) is 0 Å². The molecule has 0 unspecified atom stereocenters. The van der Waals surface area contributed by atoms with Gasteiger partial charge in [-0.3, -0.25) is 0 Å². The zero-order valence-corrected chi connectivity index (χ0v) is 9.59. The summed E-state index contributed by atoms with van der Waals surface area (Å²) in [5, 5.41) is 24.5. The summed E-state index contributed by atoms with van der Waals surface area (Å²) in [7, 11) is 0. The summed E-state index contributed by atoms with van der Waals surface area (Å²) in [6, 6.07) is 7.04. The summed E-state index contributed by atoms with van der Waals surface area (Å²) in [5.74, 6) is -2.23. The second-order valence-corrected chi connectivity index (χ2v) is 3.32. The van der Waals surface area contributed by atoms with E-state index in [2.05, 4.69) is 15.9 Å². The van der Waals surface area contributed by atoms with E-state index in [1.807, 2.05) is 6.07 Å². The summed E-state index contributed by atoms with van der Waals surface area (Å²) in [6.07, 6.45) is 1.12. The monoisotopic (exact) mass is 288 g/mol. The largest absolute Gasteiger partial charge is 0.507 e. The number of aromatic hydroxyl groups is 1. The van der Waals surface area contributed by atoms with Gasteiger partial charge in [0.15, 0.2) is 0 Å². The minimum atomic E-state index is -1.26. The Morgan fingerprint density at radius 2 is 1.50 bits per heavy atom. The molecule has 0 amide bonds. The molecule has 0 radical (unpaired) electrons. The molecule has 0 spiro atoms. The molecule has 0 saturated heterocycles. The van der Waals surface area contributed by atoms with Gasteiger partial charge in [-0.1, -0.05) is 12.1 Å². The average Bonchev–Trinajstić information content (AvgIpc) is 2.20. The fourth-order valence-electron chi connectivity index (χ4n) is 0.594. The molecule has 16 heavy (non-hydrogen) atoms. The summed E-state index contributed by atoms with van der Waals surface area (Å²) in [6.45, 7) is 0. The van der Waals surface area contributed by atoms with E-state index in [4.69, 9.17) is 15.3 Å². The fraction of sp³-hybridized carbons (Fsp3) is 0. The molecule has 0 fully saturated rings. The van der Waals surface area contributed by atoms with Crippen molar-refractivity contribution in [1.29, 1.82) is 0 Å². The Morgan fingerprint density at radius 3 is 1.75 bits per heavy atom. The van der Waals surface area contributed by atoms with Gasteiger partial charge in [0.25, 0.3) is 0 Å². The van der Waals surface area contributed by atoms with Crippen molar-refractivity contribution in [2.75, 3.05) is 0 Å². The minimum Gasteiger partial charge on any atom is -0.507 e. The van der Waals surface area contributed by atoms with Crippen LogP contribution in [0.5, 0.6) is 5.75 Å². The van der Waals surface area contributed by atoms with Crippen molar-refractivity contribution < 1.29 is 24.9 Å². The predicted octanol–water partition coefficient (Wildman–Crippen LogP) is 1.87. The summed E-state index contributed by atoms with van der Waals surface area (Å²) < 4.78 is 0.736. The van der Waals surface area contributed by atoms with Crippen LogP contribution >= 0.6 is 15.9 Å². The molecule has 86 valence electrons. The first-order valence-electron chi connectivity index (χ1n) is 4.01. The van der Waals surface area contributed by atoms with Crippen molar-refractivity contribution in [3.05, 3.63) is 40.9 Å². The third kappa shape index (κ3) is 7.57. The molecular formula is C10H9BrO5. The molecule has 1 rings (SSSR count). The normalized spacial score (nSPS) is 9.31. The Bertz CT molecular complexity index is 363. The molecule has 0 atom stereocenters. The van der Waals surface area contributed by atoms with Gasteiger partial charge in [-0.2, -0.15) is 0 Å². The standard InChI is InChI=1S/C6H5BrO.C4H4O4/c7-5-3-1-2-4-6(5)8;5-3(6)1-2-4(7)8/h1-4,8H;1-2H,(H,5,6)(H,7,8)/b;2-1-. The number of aliphatic carboxylic acids is 2. The Hall–Kier alpha value is -1.82. The van der Waals surface area contributed by atoms with Crippen LogP contribution in [0.1, 0.15) is 0 Å². The van der Waals surface area contributed by atoms with Gasteiger partial charge >= 0.3 is 11.9 Å². The van der Waals surface area contributed by atoms with Crippen molar-refractivity contribution in [1.82, 2.24) is 0 Å². The molecule has 5 nitrogen and oxygen atoms in total. The molecule has 0 aromatic heterocycles. The molecular weight excluding hydrogens is 280 g/mol. The van der Waals surface area contributed by atoms with Gasteiger partial charge in [0, 0.05) is 12.2 Å². The zero-order chi connectivity index (χ0) is 12.6. The first kappa shape index (κ1) is 14.2. The Labute approximate surface area is 99.8 Å². The zero-order valence-electron chi connectivity index (χ0n) is 8.00. The van der Waals surface area contributed by atoms with Crippen LogP contribution in [0.2, 0.25) is 0 Å². The average molecular weight is 289 g/mol. The van der Waals surface area contributed by atoms with E-state index in [1.54, 1.807) is 18.2 Å². The van der Waals surface area contributed by atoms with Crippen LogP contribution in [0.4, 0.5) is 0 Å². The van der Waals surface area contributed by atoms with Gasteiger partial charge < -0.3 is 15.3 Å². The highest BCUT2D eigenvalue weighted by atomic mass is 79.9. The Morgan fingerprint density at radius 1 is 1.06 bits per heavy atom. The number of hydrogen-bond acceptors (Lipinski definition) is 3. The quantitative estimate of drug-likeness (QED) is 0.722. The molecule has 1 aromatic carbocycles. The maximum absolute atomic E-state index is 9.55. The number of phenols is 1. The maximum Gasteiger partial charge on any atom is 0.328 e. The highest BCUT2D eigenvalue weighted by molar-refractivity contribution is 9.10. The SMILES string of the molecule is O=C(O)/C=C\C(=O)O.Oc1ccccc1Br. The lowest BCUT2D eigenvalue weighted by atomic mass is 10.3. The first-order chi connectivity index (χ1) is 7.43. The first-order valence-corrected chi connectivity index (χ1v) is 4.80. The van der Waals surface area contributed by atoms with Gasteiger partial charge in [-0.05, 0) is 28.1 Å². The van der Waals surface area contributed by atoms with E-state index in [0.717, 1.165) is 4.47 Å². The third-order valence-electron chi connectivity index (χ3n) is 1.22. The van der Waals surface area contributed by atoms with Gasteiger partial charge in [-0.15, -0.1) is 0 Å². The molecule has 3 N–H and O–H groups in total. The summed E-state index contributed by atoms with van der Waals surface area (Å²) in [5.41, 5.74) is 0. The number of rotatable bonds is 2. The lowest BCUT2D eigenvalue weighted by Gasteiger charge is -1.90. The number of para-hydroxylation sites is 1. The lowest BCUT2D eigenvalue weighted by molar-refractivity contribution is -0.134. The number of carboxylic acid groups (broad SMARTS) is 2. The van der Waals surface area contributed by atoms with Gasteiger partial charge in [0.2, 0.25) is 0 Å². The van der Waals surface area contributed by atoms with Crippen LogP contribution in [-0.4, -0.2) is 27.3 Å². The van der Waals surface area contributed by atoms with Crippen molar-refractivity contribution in [2.45, 2.75) is 0 Å². The van der Waals surface area contributed by atoms with E-state index >= 15 is 0 Å². The fourth-order valence-corrected chi connectivity index (χ4v) is 0.879. The molecule has 0 bridgehead atoms. The molecule has 0 saturated carbocycles. The van der Waals surface area contributed by atoms with Crippen LogP contribution in [0, 0.1) is 0 Å². The number of hydrogen-bond donors (Lipinski definition) is 3. The molecule has 0 heterocycles. The van der Waals surface area contributed by atoms with E-state index < -0.39 is 11.9 Å². The van der Waals surface area contributed by atoms with Crippen LogP contribution < -0.4 is 0 Å². The predicted molar refractivity (Wildman–Crippen MR) is 60.2 cm³/mol. The molecule has 0 aliphatic rings. The van der Waals surface area contributed by atoms with Crippen molar-refractivity contribution in [3.8, 4) is 5.75 Å². The lowest BCUT2D eigenvalue weighted by Crippen LogP contribution is -1.91. The number of benzene rings is 1. The van der Waals surface area contributed by atoms with E-state index in [0.29, 0.717) is 12.2 Å². The second-order valence-electron chi connectivity index (χ2n) is 2.46. The Balaban J connectivity index is 0.000000281. The maximum atomic E-state index is 9.55. The van der Waals surface area contributed by atoms with E-state index in [1.165, 1.54) is 0 Å². The summed E-state index contributed by atoms with van der Waals surface area (Å²) in [4.78, 5) is 19.1. The molecule has 6 heteroatoms. The van der Waals surface area contributed by atoms with Gasteiger partial charge in [-0.25, -0.2) is 9.59 Å². The Kier molecular flexibility index (Phi) is 6.62. The number of phenolic OH excluding ortho intramolecular Hbond substituents is 1. The summed E-state index contributed by atoms with van der Waals surface area (Å²) >= 11 is 3.15. The number of carboxylic acids is 2. The van der Waals surface area contributed by atoms with Crippen LogP contribution in [0.3, 0.4) is 0 Å². The van der Waals surface area contributed by atoms with Gasteiger partial charge in [0.1, 0.15) is 5.75 Å². The topological polar surface area (TPSA) is 94.8 Å². The molecule has 0 aliphatic carbocycles. The van der Waals surface area contributed by atoms with E-state index in [9.17, 15) is 9.59 Å². The van der Waals surface area contributed by atoms with Crippen molar-refractivity contribution >= 4 is 27.9 Å². The smallest absolute Gasteiger partial charge is 0.328 e. The second kappa shape index (κ2) is 7.47. The van der Waals surface area contributed by atoms with Gasteiger partial charge in [0.05, 0.1) is 4.47 Å². The highest BCUT2D eigenvalue weighted by Crippen LogP contribution is 2.21. The highest BCUT2D eigenvalue weighted by Gasteiger charge is 1.89. The molecule has 1 aromatic rings. The van der Waals surface area contributed by atoms with Crippen molar-refractivity contribution in [3.63, 3.8) is 0 Å². The van der Waals surface area contributed by atoms with Crippen LogP contribution in [-0.2, 0) is 9.59 Å². The number of halogens is 1. The number of carbonyl (C=O) groups is 2. The minimum absolute atomic E-state index is 0.285. The van der Waals surface area contributed by atoms with E-state index in [-0.39, 0.29) is 5.75 Å². The molecule has 0 aliphatic heterocycles. The van der Waals surface area contributed by atoms with Crippen LogP contribution in [0.15, 0.2) is 40.9 Å².